The highest BCUT2D eigenvalue weighted by molar-refractivity contribution is 5.97. The summed E-state index contributed by atoms with van der Waals surface area (Å²) in [5.41, 5.74) is 1.23. The van der Waals surface area contributed by atoms with E-state index in [-0.39, 0.29) is 5.91 Å². The number of nitrogens with zero attached hydrogens (tertiary/aromatic N) is 1. The molecule has 1 aliphatic rings. The average Bonchev–Trinajstić information content (AvgIpc) is 3.04. The van der Waals surface area contributed by atoms with Crippen molar-refractivity contribution in [1.29, 1.82) is 0 Å². The van der Waals surface area contributed by atoms with Crippen molar-refractivity contribution in [2.75, 3.05) is 0 Å². The van der Waals surface area contributed by atoms with E-state index in [1.165, 1.54) is 6.39 Å². The third-order valence-electron chi connectivity index (χ3n) is 2.73. The van der Waals surface area contributed by atoms with E-state index in [1.807, 2.05) is 30.3 Å². The van der Waals surface area contributed by atoms with Crippen LogP contribution in [0, 0.1) is 0 Å². The first-order valence-corrected chi connectivity index (χ1v) is 5.64. The first-order chi connectivity index (χ1) is 8.34. The molecule has 0 aliphatic heterocycles. The predicted octanol–water partition coefficient (Wildman–Crippen LogP) is 2.23. The van der Waals surface area contributed by atoms with Gasteiger partial charge < -0.3 is 9.73 Å². The molecule has 0 radical (unpaired) electrons. The minimum absolute atomic E-state index is 0.153. The summed E-state index contributed by atoms with van der Waals surface area (Å²) in [6.07, 6.45) is 3.43. The third kappa shape index (κ3) is 2.06. The second kappa shape index (κ2) is 4.05. The van der Waals surface area contributed by atoms with Crippen LogP contribution in [0.1, 0.15) is 23.3 Å². The molecule has 1 amide bonds. The van der Waals surface area contributed by atoms with E-state index in [2.05, 4.69) is 10.3 Å². The van der Waals surface area contributed by atoms with E-state index in [1.54, 1.807) is 0 Å². The van der Waals surface area contributed by atoms with Gasteiger partial charge in [0.2, 0.25) is 0 Å². The molecule has 0 bridgehead atoms. The van der Waals surface area contributed by atoms with E-state index >= 15 is 0 Å². The van der Waals surface area contributed by atoms with Crippen LogP contribution >= 0.6 is 0 Å². The summed E-state index contributed by atoms with van der Waals surface area (Å²) in [6, 6.07) is 9.84. The molecule has 2 aromatic rings. The Morgan fingerprint density at radius 2 is 2.06 bits per heavy atom. The number of amides is 1. The quantitative estimate of drug-likeness (QED) is 0.876. The van der Waals surface area contributed by atoms with Crippen LogP contribution in [0.3, 0.4) is 0 Å². The van der Waals surface area contributed by atoms with E-state index < -0.39 is 0 Å². The summed E-state index contributed by atoms with van der Waals surface area (Å²) in [7, 11) is 0. The zero-order valence-electron chi connectivity index (χ0n) is 9.22. The number of hydrogen-bond donors (Lipinski definition) is 1. The van der Waals surface area contributed by atoms with Gasteiger partial charge >= 0.3 is 0 Å². The van der Waals surface area contributed by atoms with Crippen LogP contribution in [0.15, 0.2) is 41.1 Å². The molecular weight excluding hydrogens is 216 g/mol. The fraction of sp³-hybridized carbons (Fsp3) is 0.231. The SMILES string of the molecule is O=C(NC1CC1)c1ncoc1-c1ccccc1. The monoisotopic (exact) mass is 228 g/mol. The van der Waals surface area contributed by atoms with Crippen LogP contribution in [0.25, 0.3) is 11.3 Å². The molecule has 1 aromatic heterocycles. The fourth-order valence-electron chi connectivity index (χ4n) is 1.68. The lowest BCUT2D eigenvalue weighted by atomic mass is 10.1. The Bertz CT molecular complexity index is 529. The smallest absolute Gasteiger partial charge is 0.274 e. The molecule has 1 N–H and O–H groups in total. The molecule has 4 nitrogen and oxygen atoms in total. The molecule has 3 rings (SSSR count). The number of aromatic nitrogens is 1. The number of carbonyl (C=O) groups is 1. The average molecular weight is 228 g/mol. The minimum Gasteiger partial charge on any atom is -0.443 e. The van der Waals surface area contributed by atoms with Crippen LogP contribution in [-0.4, -0.2) is 16.9 Å². The molecule has 1 saturated carbocycles. The van der Waals surface area contributed by atoms with Gasteiger partial charge in [0.25, 0.3) is 5.91 Å². The second-order valence-corrected chi connectivity index (χ2v) is 4.14. The largest absolute Gasteiger partial charge is 0.443 e. The van der Waals surface area contributed by atoms with E-state index in [0.717, 1.165) is 18.4 Å². The van der Waals surface area contributed by atoms with Gasteiger partial charge in [0.05, 0.1) is 0 Å². The molecule has 0 spiro atoms. The Balaban J connectivity index is 1.90. The van der Waals surface area contributed by atoms with Crippen molar-refractivity contribution in [2.45, 2.75) is 18.9 Å². The zero-order valence-corrected chi connectivity index (χ0v) is 9.22. The first kappa shape index (κ1) is 10.1. The van der Waals surface area contributed by atoms with Crippen molar-refractivity contribution in [1.82, 2.24) is 10.3 Å². The number of rotatable bonds is 3. The predicted molar refractivity (Wildman–Crippen MR) is 62.4 cm³/mol. The molecule has 17 heavy (non-hydrogen) atoms. The van der Waals surface area contributed by atoms with Gasteiger partial charge in [-0.25, -0.2) is 4.98 Å². The van der Waals surface area contributed by atoms with E-state index in [4.69, 9.17) is 4.42 Å². The van der Waals surface area contributed by atoms with Crippen molar-refractivity contribution in [3.8, 4) is 11.3 Å². The highest BCUT2D eigenvalue weighted by Gasteiger charge is 2.26. The summed E-state index contributed by atoms with van der Waals surface area (Å²) >= 11 is 0. The van der Waals surface area contributed by atoms with Gasteiger partial charge in [-0.2, -0.15) is 0 Å². The Kier molecular flexibility index (Phi) is 2.40. The molecule has 1 aliphatic carbocycles. The summed E-state index contributed by atoms with van der Waals surface area (Å²) in [5.74, 6) is 0.379. The van der Waals surface area contributed by atoms with Crippen molar-refractivity contribution in [3.05, 3.63) is 42.4 Å². The molecule has 0 saturated heterocycles. The number of nitrogens with one attached hydrogen (secondary N) is 1. The molecule has 4 heteroatoms. The Hall–Kier alpha value is -2.10. The maximum atomic E-state index is 11.9. The van der Waals surface area contributed by atoms with Gasteiger partial charge in [0.15, 0.2) is 17.8 Å². The van der Waals surface area contributed by atoms with Gasteiger partial charge in [0.1, 0.15) is 0 Å². The van der Waals surface area contributed by atoms with Crippen molar-refractivity contribution >= 4 is 5.91 Å². The molecule has 1 aromatic carbocycles. The van der Waals surface area contributed by atoms with Gasteiger partial charge in [0, 0.05) is 11.6 Å². The number of benzene rings is 1. The van der Waals surface area contributed by atoms with Crippen LogP contribution in [0.4, 0.5) is 0 Å². The second-order valence-electron chi connectivity index (χ2n) is 4.14. The van der Waals surface area contributed by atoms with Crippen molar-refractivity contribution in [3.63, 3.8) is 0 Å². The summed E-state index contributed by atoms with van der Waals surface area (Å²) in [5, 5.41) is 2.90. The van der Waals surface area contributed by atoms with Gasteiger partial charge in [-0.1, -0.05) is 30.3 Å². The molecule has 0 unspecified atom stereocenters. The standard InChI is InChI=1S/C13H12N2O2/c16-13(15-10-6-7-10)11-12(17-8-14-11)9-4-2-1-3-5-9/h1-5,8,10H,6-7H2,(H,15,16). The molecule has 86 valence electrons. The first-order valence-electron chi connectivity index (χ1n) is 5.64. The van der Waals surface area contributed by atoms with E-state index in [9.17, 15) is 4.79 Å². The van der Waals surface area contributed by atoms with Gasteiger partial charge in [-0.05, 0) is 12.8 Å². The Labute approximate surface area is 98.7 Å². The summed E-state index contributed by atoms with van der Waals surface area (Å²) in [4.78, 5) is 15.9. The number of oxazole rings is 1. The minimum atomic E-state index is -0.153. The van der Waals surface area contributed by atoms with Crippen LogP contribution in [0.2, 0.25) is 0 Å². The maximum Gasteiger partial charge on any atom is 0.274 e. The van der Waals surface area contributed by atoms with Crippen LogP contribution in [0.5, 0.6) is 0 Å². The van der Waals surface area contributed by atoms with Crippen LogP contribution in [-0.2, 0) is 0 Å². The summed E-state index contributed by atoms with van der Waals surface area (Å²) in [6.45, 7) is 0. The highest BCUT2D eigenvalue weighted by atomic mass is 16.3. The lowest BCUT2D eigenvalue weighted by Crippen LogP contribution is -2.26. The molecule has 1 heterocycles. The highest BCUT2D eigenvalue weighted by Crippen LogP contribution is 2.24. The molecule has 1 fully saturated rings. The van der Waals surface area contributed by atoms with Crippen LogP contribution < -0.4 is 5.32 Å². The van der Waals surface area contributed by atoms with E-state index in [0.29, 0.717) is 17.5 Å². The number of carbonyl (C=O) groups excluding carboxylic acids is 1. The maximum absolute atomic E-state index is 11.9. The van der Waals surface area contributed by atoms with Gasteiger partial charge in [-0.15, -0.1) is 0 Å². The fourth-order valence-corrected chi connectivity index (χ4v) is 1.68. The summed E-state index contributed by atoms with van der Waals surface area (Å²) < 4.78 is 5.30. The Morgan fingerprint density at radius 3 is 2.76 bits per heavy atom. The third-order valence-corrected chi connectivity index (χ3v) is 2.73. The molecule has 0 atom stereocenters. The lowest BCUT2D eigenvalue weighted by molar-refractivity contribution is 0.0947. The zero-order chi connectivity index (χ0) is 11.7. The topological polar surface area (TPSA) is 55.1 Å². The normalized spacial score (nSPS) is 14.6. The number of hydrogen-bond acceptors (Lipinski definition) is 3. The van der Waals surface area contributed by atoms with Crippen molar-refractivity contribution < 1.29 is 9.21 Å². The van der Waals surface area contributed by atoms with Crippen molar-refractivity contribution in [2.24, 2.45) is 0 Å². The molecular formula is C13H12N2O2. The lowest BCUT2D eigenvalue weighted by Gasteiger charge is -2.02. The van der Waals surface area contributed by atoms with Gasteiger partial charge in [-0.3, -0.25) is 4.79 Å². The Morgan fingerprint density at radius 1 is 1.29 bits per heavy atom.